The summed E-state index contributed by atoms with van der Waals surface area (Å²) in [6, 6.07) is 8.42. The van der Waals surface area contributed by atoms with Gasteiger partial charge in [-0.15, -0.1) is 0 Å². The van der Waals surface area contributed by atoms with Crippen molar-refractivity contribution in [1.82, 2.24) is 0 Å². The molecule has 0 saturated heterocycles. The van der Waals surface area contributed by atoms with Crippen molar-refractivity contribution >= 4 is 5.57 Å². The Balaban J connectivity index is 3.00. The minimum atomic E-state index is 0.112. The van der Waals surface area contributed by atoms with Crippen LogP contribution in [0.15, 0.2) is 30.3 Å². The lowest BCUT2D eigenvalue weighted by atomic mass is 9.94. The van der Waals surface area contributed by atoms with Crippen LogP contribution < -0.4 is 0 Å². The number of hydrogen-bond acceptors (Lipinski definition) is 1. The maximum absolute atomic E-state index is 8.93. The molecule has 0 saturated carbocycles. The predicted octanol–water partition coefficient (Wildman–Crippen LogP) is 3.03. The summed E-state index contributed by atoms with van der Waals surface area (Å²) in [5, 5.41) is 8.93. The highest BCUT2D eigenvalue weighted by atomic mass is 16.2. The normalized spacial score (nSPS) is 12.2. The zero-order valence-corrected chi connectivity index (χ0v) is 9.12. The lowest BCUT2D eigenvalue weighted by molar-refractivity contribution is 0.342. The Morgan fingerprint density at radius 3 is 2.29 bits per heavy atom. The number of hydrogen-bond donors (Lipinski definition) is 1. The summed E-state index contributed by atoms with van der Waals surface area (Å²) in [5.41, 5.74) is 3.69. The zero-order valence-electron chi connectivity index (χ0n) is 9.12. The Labute approximate surface area is 86.1 Å². The highest BCUT2D eigenvalue weighted by molar-refractivity contribution is 5.67. The van der Waals surface area contributed by atoms with Crippen LogP contribution in [-0.2, 0) is 0 Å². The standard InChI is InChI=1S/C13H18O/c1-10(2)13(8-9-14)12-6-4-11(3)5-7-12/h4-8,10,14H,9H2,1-3H3. The SMILES string of the molecule is Cc1ccc(C(=CCO)C(C)C)cc1. The fourth-order valence-electron chi connectivity index (χ4n) is 1.53. The van der Waals surface area contributed by atoms with Crippen LogP contribution in [0.25, 0.3) is 5.57 Å². The Morgan fingerprint density at radius 2 is 1.86 bits per heavy atom. The molecule has 0 heterocycles. The summed E-state index contributed by atoms with van der Waals surface area (Å²) in [6.45, 7) is 6.47. The molecule has 0 fully saturated rings. The summed E-state index contributed by atoms with van der Waals surface area (Å²) >= 11 is 0. The van der Waals surface area contributed by atoms with E-state index in [-0.39, 0.29) is 6.61 Å². The summed E-state index contributed by atoms with van der Waals surface area (Å²) < 4.78 is 0. The first kappa shape index (κ1) is 11.0. The molecule has 1 heteroatoms. The number of allylic oxidation sites excluding steroid dienone is 1. The zero-order chi connectivity index (χ0) is 10.6. The van der Waals surface area contributed by atoms with E-state index in [9.17, 15) is 0 Å². The van der Waals surface area contributed by atoms with E-state index in [1.807, 2.05) is 6.08 Å². The van der Waals surface area contributed by atoms with Crippen LogP contribution in [0, 0.1) is 12.8 Å². The van der Waals surface area contributed by atoms with Crippen LogP contribution in [0.2, 0.25) is 0 Å². The second-order valence-corrected chi connectivity index (χ2v) is 3.86. The quantitative estimate of drug-likeness (QED) is 0.776. The van der Waals surface area contributed by atoms with Crippen molar-refractivity contribution < 1.29 is 5.11 Å². The van der Waals surface area contributed by atoms with E-state index in [1.165, 1.54) is 16.7 Å². The Bertz CT molecular complexity index is 307. The Morgan fingerprint density at radius 1 is 1.29 bits per heavy atom. The maximum atomic E-state index is 8.93. The van der Waals surface area contributed by atoms with Crippen molar-refractivity contribution in [3.8, 4) is 0 Å². The van der Waals surface area contributed by atoms with Gasteiger partial charge in [0, 0.05) is 0 Å². The third kappa shape index (κ3) is 2.71. The molecule has 0 atom stereocenters. The Kier molecular flexibility index (Phi) is 3.90. The van der Waals surface area contributed by atoms with Gasteiger partial charge in [0.1, 0.15) is 0 Å². The van der Waals surface area contributed by atoms with Gasteiger partial charge < -0.3 is 5.11 Å². The van der Waals surface area contributed by atoms with Gasteiger partial charge in [0.15, 0.2) is 0 Å². The minimum Gasteiger partial charge on any atom is -0.392 e. The fourth-order valence-corrected chi connectivity index (χ4v) is 1.53. The molecular formula is C13H18O. The number of aryl methyl sites for hydroxylation is 1. The molecule has 0 bridgehead atoms. The van der Waals surface area contributed by atoms with Crippen molar-refractivity contribution in [3.63, 3.8) is 0 Å². The number of aliphatic hydroxyl groups excluding tert-OH is 1. The second-order valence-electron chi connectivity index (χ2n) is 3.86. The molecule has 0 aliphatic heterocycles. The van der Waals surface area contributed by atoms with E-state index in [0.717, 1.165) is 0 Å². The molecule has 1 nitrogen and oxygen atoms in total. The second kappa shape index (κ2) is 4.97. The van der Waals surface area contributed by atoms with E-state index >= 15 is 0 Å². The highest BCUT2D eigenvalue weighted by Crippen LogP contribution is 2.22. The van der Waals surface area contributed by atoms with Gasteiger partial charge in [0.05, 0.1) is 6.61 Å². The van der Waals surface area contributed by atoms with Gasteiger partial charge in [-0.2, -0.15) is 0 Å². The summed E-state index contributed by atoms with van der Waals surface area (Å²) in [5.74, 6) is 0.449. The van der Waals surface area contributed by atoms with Gasteiger partial charge in [-0.3, -0.25) is 0 Å². The molecule has 0 radical (unpaired) electrons. The lowest BCUT2D eigenvalue weighted by Gasteiger charge is -2.11. The minimum absolute atomic E-state index is 0.112. The first-order chi connectivity index (χ1) is 6.65. The Hall–Kier alpha value is -1.08. The van der Waals surface area contributed by atoms with Gasteiger partial charge >= 0.3 is 0 Å². The van der Waals surface area contributed by atoms with E-state index in [2.05, 4.69) is 45.0 Å². The largest absolute Gasteiger partial charge is 0.392 e. The van der Waals surface area contributed by atoms with Crippen LogP contribution in [0.5, 0.6) is 0 Å². The molecule has 76 valence electrons. The van der Waals surface area contributed by atoms with Crippen molar-refractivity contribution in [2.24, 2.45) is 5.92 Å². The molecule has 1 aromatic carbocycles. The van der Waals surface area contributed by atoms with Crippen molar-refractivity contribution in [2.75, 3.05) is 6.61 Å². The number of benzene rings is 1. The molecule has 0 aliphatic rings. The molecule has 0 amide bonds. The molecule has 0 unspecified atom stereocenters. The van der Waals surface area contributed by atoms with E-state index in [4.69, 9.17) is 5.11 Å². The van der Waals surface area contributed by atoms with E-state index < -0.39 is 0 Å². The average Bonchev–Trinajstić information content (AvgIpc) is 2.15. The molecule has 1 N–H and O–H groups in total. The topological polar surface area (TPSA) is 20.2 Å². The molecule has 0 spiro atoms. The summed E-state index contributed by atoms with van der Waals surface area (Å²) in [7, 11) is 0. The van der Waals surface area contributed by atoms with E-state index in [0.29, 0.717) is 5.92 Å². The molecule has 1 aromatic rings. The van der Waals surface area contributed by atoms with Gasteiger partial charge in [-0.05, 0) is 24.0 Å². The van der Waals surface area contributed by atoms with Gasteiger partial charge in [-0.1, -0.05) is 49.8 Å². The van der Waals surface area contributed by atoms with Crippen LogP contribution in [-0.4, -0.2) is 11.7 Å². The summed E-state index contributed by atoms with van der Waals surface area (Å²) in [6.07, 6.45) is 1.88. The fraction of sp³-hybridized carbons (Fsp3) is 0.385. The molecular weight excluding hydrogens is 172 g/mol. The number of rotatable bonds is 3. The monoisotopic (exact) mass is 190 g/mol. The molecule has 0 aromatic heterocycles. The van der Waals surface area contributed by atoms with Crippen molar-refractivity contribution in [2.45, 2.75) is 20.8 Å². The lowest BCUT2D eigenvalue weighted by Crippen LogP contribution is -1.95. The maximum Gasteiger partial charge on any atom is 0.0618 e. The van der Waals surface area contributed by atoms with Crippen LogP contribution in [0.4, 0.5) is 0 Å². The van der Waals surface area contributed by atoms with Crippen LogP contribution >= 0.6 is 0 Å². The third-order valence-corrected chi connectivity index (χ3v) is 2.32. The first-order valence-corrected chi connectivity index (χ1v) is 5.03. The predicted molar refractivity (Wildman–Crippen MR) is 61.1 cm³/mol. The molecule has 0 aliphatic carbocycles. The molecule has 14 heavy (non-hydrogen) atoms. The van der Waals surface area contributed by atoms with Gasteiger partial charge in [0.2, 0.25) is 0 Å². The van der Waals surface area contributed by atoms with Gasteiger partial charge in [0.25, 0.3) is 0 Å². The first-order valence-electron chi connectivity index (χ1n) is 5.03. The average molecular weight is 190 g/mol. The number of aliphatic hydroxyl groups is 1. The van der Waals surface area contributed by atoms with Crippen molar-refractivity contribution in [1.29, 1.82) is 0 Å². The third-order valence-electron chi connectivity index (χ3n) is 2.32. The van der Waals surface area contributed by atoms with Crippen LogP contribution in [0.3, 0.4) is 0 Å². The van der Waals surface area contributed by atoms with Crippen LogP contribution in [0.1, 0.15) is 25.0 Å². The smallest absolute Gasteiger partial charge is 0.0618 e. The summed E-state index contributed by atoms with van der Waals surface area (Å²) in [4.78, 5) is 0. The van der Waals surface area contributed by atoms with E-state index in [1.54, 1.807) is 0 Å². The van der Waals surface area contributed by atoms with Gasteiger partial charge in [-0.25, -0.2) is 0 Å². The molecule has 1 rings (SSSR count). The van der Waals surface area contributed by atoms with Crippen molar-refractivity contribution in [3.05, 3.63) is 41.5 Å². The highest BCUT2D eigenvalue weighted by Gasteiger charge is 2.04.